The number of amides is 2. The van der Waals surface area contributed by atoms with E-state index in [1.165, 1.54) is 22.2 Å². The van der Waals surface area contributed by atoms with Crippen LogP contribution in [-0.2, 0) is 4.79 Å². The first-order chi connectivity index (χ1) is 7.07. The van der Waals surface area contributed by atoms with E-state index in [1.54, 1.807) is 27.2 Å². The van der Waals surface area contributed by atoms with E-state index in [0.29, 0.717) is 17.7 Å². The lowest BCUT2D eigenvalue weighted by Crippen LogP contribution is -2.25. The molecule has 15 heavy (non-hydrogen) atoms. The number of hydrogen-bond donors (Lipinski definition) is 0. The van der Waals surface area contributed by atoms with Gasteiger partial charge >= 0.3 is 0 Å². The van der Waals surface area contributed by atoms with Crippen LogP contribution in [0.15, 0.2) is 18.5 Å². The number of rotatable bonds is 3. The minimum absolute atomic E-state index is 0.152. The average Bonchev–Trinajstić information content (AvgIpc) is 2.27. The number of carbonyl (C=O) groups is 2. The molecule has 5 nitrogen and oxygen atoms in total. The topological polar surface area (TPSA) is 53.5 Å². The third-order valence-corrected chi connectivity index (χ3v) is 1.97. The van der Waals surface area contributed by atoms with Gasteiger partial charge in [0.05, 0.1) is 17.4 Å². The van der Waals surface area contributed by atoms with Gasteiger partial charge in [-0.05, 0) is 6.07 Å². The Morgan fingerprint density at radius 2 is 2.07 bits per heavy atom. The van der Waals surface area contributed by atoms with Crippen LogP contribution in [0.5, 0.6) is 0 Å². The summed E-state index contributed by atoms with van der Waals surface area (Å²) in [6.07, 6.45) is 3.66. The van der Waals surface area contributed by atoms with Gasteiger partial charge < -0.3 is 9.80 Å². The summed E-state index contributed by atoms with van der Waals surface area (Å²) in [5, 5.41) is 0. The highest BCUT2D eigenvalue weighted by Crippen LogP contribution is 2.17. The number of anilines is 1. The van der Waals surface area contributed by atoms with E-state index in [9.17, 15) is 9.59 Å². The number of hydrogen-bond acceptors (Lipinski definition) is 3. The quantitative estimate of drug-likeness (QED) is 0.673. The summed E-state index contributed by atoms with van der Waals surface area (Å²) in [5.74, 6) is -0.152. The Hall–Kier alpha value is -1.91. The zero-order valence-corrected chi connectivity index (χ0v) is 8.97. The fourth-order valence-electron chi connectivity index (χ4n) is 1.15. The zero-order chi connectivity index (χ0) is 11.4. The van der Waals surface area contributed by atoms with Crippen LogP contribution in [0.25, 0.3) is 0 Å². The Morgan fingerprint density at radius 1 is 1.40 bits per heavy atom. The molecule has 80 valence electrons. The third-order valence-electron chi connectivity index (χ3n) is 1.97. The van der Waals surface area contributed by atoms with Gasteiger partial charge in [-0.25, -0.2) is 0 Å². The molecule has 0 spiro atoms. The van der Waals surface area contributed by atoms with E-state index in [2.05, 4.69) is 4.98 Å². The molecule has 0 aliphatic heterocycles. The molecule has 5 heteroatoms. The van der Waals surface area contributed by atoms with Crippen LogP contribution < -0.4 is 4.90 Å². The first-order valence-corrected chi connectivity index (χ1v) is 4.41. The van der Waals surface area contributed by atoms with Crippen molar-refractivity contribution in [1.29, 1.82) is 0 Å². The lowest BCUT2D eigenvalue weighted by atomic mass is 10.2. The molecule has 0 N–H and O–H groups in total. The smallest absolute Gasteiger partial charge is 0.255 e. The van der Waals surface area contributed by atoms with Crippen LogP contribution in [-0.4, -0.2) is 43.3 Å². The Morgan fingerprint density at radius 3 is 2.60 bits per heavy atom. The summed E-state index contributed by atoms with van der Waals surface area (Å²) in [5.41, 5.74) is 0.968. The fourth-order valence-corrected chi connectivity index (χ4v) is 1.15. The molecule has 1 aromatic heterocycles. The summed E-state index contributed by atoms with van der Waals surface area (Å²) >= 11 is 0. The van der Waals surface area contributed by atoms with Crippen LogP contribution in [0.3, 0.4) is 0 Å². The molecule has 0 atom stereocenters. The van der Waals surface area contributed by atoms with Crippen LogP contribution in [0.4, 0.5) is 5.69 Å². The van der Waals surface area contributed by atoms with Crippen molar-refractivity contribution in [3.63, 3.8) is 0 Å². The van der Waals surface area contributed by atoms with Gasteiger partial charge in [-0.1, -0.05) is 0 Å². The van der Waals surface area contributed by atoms with Crippen LogP contribution in [0.2, 0.25) is 0 Å². The summed E-state index contributed by atoms with van der Waals surface area (Å²) < 4.78 is 0. The highest BCUT2D eigenvalue weighted by atomic mass is 16.2. The zero-order valence-electron chi connectivity index (χ0n) is 8.97. The molecule has 2 amide bonds. The summed E-state index contributed by atoms with van der Waals surface area (Å²) in [7, 11) is 4.90. The van der Waals surface area contributed by atoms with E-state index in [0.717, 1.165) is 0 Å². The van der Waals surface area contributed by atoms with Crippen molar-refractivity contribution in [1.82, 2.24) is 9.88 Å². The second-order valence-electron chi connectivity index (χ2n) is 3.31. The first kappa shape index (κ1) is 11.2. The molecular formula is C10H13N3O2. The maximum atomic E-state index is 11.7. The standard InChI is InChI=1S/C10H13N3O2/c1-12(2)10(15)8-4-5-11-6-9(8)13(3)7-14/h4-7H,1-3H3. The van der Waals surface area contributed by atoms with Crippen LogP contribution in [0.1, 0.15) is 10.4 Å². The summed E-state index contributed by atoms with van der Waals surface area (Å²) in [6.45, 7) is 0. The number of nitrogens with zero attached hydrogens (tertiary/aromatic N) is 3. The van der Waals surface area contributed by atoms with Crippen molar-refractivity contribution in [2.24, 2.45) is 0 Å². The van der Waals surface area contributed by atoms with Crippen molar-refractivity contribution in [2.75, 3.05) is 26.0 Å². The molecule has 0 radical (unpaired) electrons. The lowest BCUT2D eigenvalue weighted by Gasteiger charge is -2.17. The van der Waals surface area contributed by atoms with Gasteiger partial charge in [-0.3, -0.25) is 14.6 Å². The maximum absolute atomic E-state index is 11.7. The predicted octanol–water partition coefficient (Wildman–Crippen LogP) is 0.376. The van der Waals surface area contributed by atoms with E-state index in [-0.39, 0.29) is 5.91 Å². The maximum Gasteiger partial charge on any atom is 0.255 e. The monoisotopic (exact) mass is 207 g/mol. The van der Waals surface area contributed by atoms with Crippen LogP contribution >= 0.6 is 0 Å². The van der Waals surface area contributed by atoms with Crippen molar-refractivity contribution in [2.45, 2.75) is 0 Å². The SMILES string of the molecule is CN(C)C(=O)c1ccncc1N(C)C=O. The minimum Gasteiger partial charge on any atom is -0.345 e. The molecule has 0 fully saturated rings. The largest absolute Gasteiger partial charge is 0.345 e. The molecule has 0 saturated carbocycles. The molecule has 0 bridgehead atoms. The Balaban J connectivity index is 3.17. The summed E-state index contributed by atoms with van der Waals surface area (Å²) in [6, 6.07) is 1.59. The average molecular weight is 207 g/mol. The molecule has 0 aliphatic rings. The first-order valence-electron chi connectivity index (χ1n) is 4.41. The molecule has 0 saturated heterocycles. The second kappa shape index (κ2) is 4.54. The van der Waals surface area contributed by atoms with E-state index in [1.807, 2.05) is 0 Å². The lowest BCUT2D eigenvalue weighted by molar-refractivity contribution is -0.107. The third kappa shape index (κ3) is 2.31. The van der Waals surface area contributed by atoms with Gasteiger partial charge in [0.2, 0.25) is 6.41 Å². The predicted molar refractivity (Wildman–Crippen MR) is 56.7 cm³/mol. The molecule has 0 unspecified atom stereocenters. The molecule has 0 aliphatic carbocycles. The van der Waals surface area contributed by atoms with Crippen molar-refractivity contribution in [3.05, 3.63) is 24.0 Å². The highest BCUT2D eigenvalue weighted by molar-refractivity contribution is 6.01. The van der Waals surface area contributed by atoms with Crippen molar-refractivity contribution in [3.8, 4) is 0 Å². The molecular weight excluding hydrogens is 194 g/mol. The van der Waals surface area contributed by atoms with E-state index < -0.39 is 0 Å². The molecule has 0 aromatic carbocycles. The minimum atomic E-state index is -0.152. The summed E-state index contributed by atoms with van der Waals surface area (Å²) in [4.78, 5) is 29.0. The van der Waals surface area contributed by atoms with Crippen LogP contribution in [0, 0.1) is 0 Å². The normalized spacial score (nSPS) is 9.53. The number of aromatic nitrogens is 1. The van der Waals surface area contributed by atoms with Gasteiger partial charge in [0.1, 0.15) is 0 Å². The Kier molecular flexibility index (Phi) is 3.38. The van der Waals surface area contributed by atoms with Crippen molar-refractivity contribution < 1.29 is 9.59 Å². The Bertz CT molecular complexity index is 377. The second-order valence-corrected chi connectivity index (χ2v) is 3.31. The van der Waals surface area contributed by atoms with Gasteiger partial charge in [0, 0.05) is 27.3 Å². The van der Waals surface area contributed by atoms with E-state index >= 15 is 0 Å². The molecule has 1 heterocycles. The molecule has 1 aromatic rings. The highest BCUT2D eigenvalue weighted by Gasteiger charge is 2.15. The van der Waals surface area contributed by atoms with Gasteiger partial charge in [-0.2, -0.15) is 0 Å². The Labute approximate surface area is 88.3 Å². The number of pyridine rings is 1. The van der Waals surface area contributed by atoms with Gasteiger partial charge in [0.15, 0.2) is 0 Å². The number of carbonyl (C=O) groups excluding carboxylic acids is 2. The van der Waals surface area contributed by atoms with E-state index in [4.69, 9.17) is 0 Å². The fraction of sp³-hybridized carbons (Fsp3) is 0.300. The molecule has 1 rings (SSSR count). The van der Waals surface area contributed by atoms with Gasteiger partial charge in [0.25, 0.3) is 5.91 Å². The van der Waals surface area contributed by atoms with Crippen molar-refractivity contribution >= 4 is 18.0 Å². The van der Waals surface area contributed by atoms with Gasteiger partial charge in [-0.15, -0.1) is 0 Å².